The fourth-order valence-electron chi connectivity index (χ4n) is 7.42. The highest BCUT2D eigenvalue weighted by Crippen LogP contribution is 2.46. The van der Waals surface area contributed by atoms with Crippen molar-refractivity contribution in [2.75, 3.05) is 13.3 Å². The number of hydrogen-bond donors (Lipinski definition) is 0. The molecule has 9 aromatic carbocycles. The van der Waals surface area contributed by atoms with Gasteiger partial charge in [-0.15, -0.1) is 0 Å². The van der Waals surface area contributed by atoms with E-state index < -0.39 is 7.14 Å². The molecule has 0 unspecified atom stereocenters. The van der Waals surface area contributed by atoms with Crippen LogP contribution in [0.2, 0.25) is 0 Å². The van der Waals surface area contributed by atoms with Crippen LogP contribution in [0.1, 0.15) is 0 Å². The van der Waals surface area contributed by atoms with Crippen molar-refractivity contribution in [1.29, 1.82) is 0 Å². The van der Waals surface area contributed by atoms with Crippen molar-refractivity contribution >= 4 is 66.3 Å². The quantitative estimate of drug-likeness (QED) is 0.139. The van der Waals surface area contributed by atoms with Crippen LogP contribution >= 0.6 is 7.14 Å². The Kier molecular flexibility index (Phi) is 6.61. The van der Waals surface area contributed by atoms with E-state index in [1.54, 1.807) is 0 Å². The van der Waals surface area contributed by atoms with E-state index in [1.807, 2.05) is 19.4 Å². The second-order valence-corrected chi connectivity index (χ2v) is 16.5. The molecule has 0 radical (unpaired) electrons. The maximum atomic E-state index is 12.9. The Morgan fingerprint density at radius 3 is 1.35 bits per heavy atom. The summed E-state index contributed by atoms with van der Waals surface area (Å²) in [6, 6.07) is 59.6. The van der Waals surface area contributed by atoms with Gasteiger partial charge < -0.3 is 4.57 Å². The van der Waals surface area contributed by atoms with Gasteiger partial charge in [0.2, 0.25) is 0 Å². The largest absolute Gasteiger partial charge is 0.319 e. The molecule has 0 heterocycles. The van der Waals surface area contributed by atoms with Gasteiger partial charge in [0.1, 0.15) is 7.14 Å². The molecule has 0 N–H and O–H groups in total. The molecule has 228 valence electrons. The molecule has 0 aliphatic heterocycles. The molecule has 0 aromatic heterocycles. The molecule has 0 saturated carbocycles. The highest BCUT2D eigenvalue weighted by atomic mass is 31.2. The van der Waals surface area contributed by atoms with E-state index in [4.69, 9.17) is 0 Å². The van der Waals surface area contributed by atoms with Crippen LogP contribution in [0.3, 0.4) is 0 Å². The Bertz CT molecular complexity index is 2780. The molecule has 1 nitrogen and oxygen atoms in total. The Hall–Kier alpha value is -5.49. The zero-order valence-corrected chi connectivity index (χ0v) is 27.8. The van der Waals surface area contributed by atoms with Gasteiger partial charge in [0.05, 0.1) is 0 Å². The SMILES string of the molecule is CP(C)(=O)c1ccc2ccc(-c3ccc4c(-c5ccc6ccccc6c5)c5ccccc5c(-c5ccc6ccccc6c5)c4c3)cc2c1. The van der Waals surface area contributed by atoms with Gasteiger partial charge in [-0.05, 0) is 131 Å². The van der Waals surface area contributed by atoms with Crippen molar-refractivity contribution in [2.45, 2.75) is 0 Å². The Labute approximate surface area is 280 Å². The van der Waals surface area contributed by atoms with Gasteiger partial charge in [-0.3, -0.25) is 0 Å². The van der Waals surface area contributed by atoms with E-state index in [-0.39, 0.29) is 0 Å². The predicted octanol–water partition coefficient (Wildman–Crippen LogP) is 12.7. The van der Waals surface area contributed by atoms with Crippen LogP contribution in [0.15, 0.2) is 164 Å². The monoisotopic (exact) mass is 632 g/mol. The topological polar surface area (TPSA) is 17.1 Å². The van der Waals surface area contributed by atoms with Gasteiger partial charge in [0.15, 0.2) is 0 Å². The molecule has 0 spiro atoms. The van der Waals surface area contributed by atoms with Crippen LogP contribution < -0.4 is 5.30 Å². The van der Waals surface area contributed by atoms with Crippen molar-refractivity contribution < 1.29 is 4.57 Å². The maximum Gasteiger partial charge on any atom is 0.109 e. The van der Waals surface area contributed by atoms with Crippen LogP contribution in [0.25, 0.3) is 87.2 Å². The molecule has 0 amide bonds. The lowest BCUT2D eigenvalue weighted by atomic mass is 9.84. The molecule has 0 fully saturated rings. The van der Waals surface area contributed by atoms with Crippen molar-refractivity contribution in [2.24, 2.45) is 0 Å². The standard InChI is InChI=1S/C46H33OP/c1-48(2,47)40-23-21-32-15-18-35(27-39(32)28-40)36-22-24-43-44(29-36)46(38-20-17-31-10-4-6-12-34(31)26-38)42-14-8-7-13-41(42)45(43)37-19-16-30-9-3-5-11-33(30)25-37/h3-29H,1-2H3. The third-order valence-electron chi connectivity index (χ3n) is 9.88. The lowest BCUT2D eigenvalue weighted by Gasteiger charge is -2.19. The average Bonchev–Trinajstić information content (AvgIpc) is 3.12. The minimum atomic E-state index is -2.37. The molecule has 9 rings (SSSR count). The smallest absolute Gasteiger partial charge is 0.109 e. The molecular formula is C46H33OP. The van der Waals surface area contributed by atoms with Crippen molar-refractivity contribution in [3.63, 3.8) is 0 Å². The van der Waals surface area contributed by atoms with Gasteiger partial charge >= 0.3 is 0 Å². The highest BCUT2D eigenvalue weighted by Gasteiger charge is 2.18. The molecule has 48 heavy (non-hydrogen) atoms. The molecule has 0 aliphatic rings. The molecule has 0 bridgehead atoms. The summed E-state index contributed by atoms with van der Waals surface area (Å²) in [4.78, 5) is 0. The van der Waals surface area contributed by atoms with E-state index in [1.165, 1.54) is 65.3 Å². The first-order chi connectivity index (χ1) is 23.4. The summed E-state index contributed by atoms with van der Waals surface area (Å²) in [5.41, 5.74) is 7.24. The molecule has 9 aromatic rings. The minimum absolute atomic E-state index is 0.913. The first-order valence-corrected chi connectivity index (χ1v) is 19.1. The van der Waals surface area contributed by atoms with Crippen molar-refractivity contribution in [3.05, 3.63) is 164 Å². The number of hydrogen-bond acceptors (Lipinski definition) is 1. The summed E-state index contributed by atoms with van der Waals surface area (Å²) in [6.07, 6.45) is 0. The van der Waals surface area contributed by atoms with E-state index in [9.17, 15) is 4.57 Å². The number of benzene rings is 9. The first-order valence-electron chi connectivity index (χ1n) is 16.5. The predicted molar refractivity (Wildman–Crippen MR) is 209 cm³/mol. The Morgan fingerprint density at radius 2 is 0.750 bits per heavy atom. The lowest BCUT2D eigenvalue weighted by molar-refractivity contribution is 0.588. The van der Waals surface area contributed by atoms with Gasteiger partial charge in [-0.1, -0.05) is 133 Å². The Balaban J connectivity index is 1.36. The molecule has 0 aliphatic carbocycles. The summed E-state index contributed by atoms with van der Waals surface area (Å²) in [6.45, 7) is 3.68. The average molecular weight is 633 g/mol. The summed E-state index contributed by atoms with van der Waals surface area (Å²) in [7, 11) is -2.37. The van der Waals surface area contributed by atoms with Crippen molar-refractivity contribution in [1.82, 2.24) is 0 Å². The third-order valence-corrected chi connectivity index (χ3v) is 11.4. The minimum Gasteiger partial charge on any atom is -0.319 e. The molecular weight excluding hydrogens is 599 g/mol. The van der Waals surface area contributed by atoms with Gasteiger partial charge in [0, 0.05) is 5.30 Å². The Morgan fingerprint density at radius 1 is 0.333 bits per heavy atom. The fourth-order valence-corrected chi connectivity index (χ4v) is 8.30. The zero-order valence-electron chi connectivity index (χ0n) is 26.9. The van der Waals surface area contributed by atoms with Gasteiger partial charge in [0.25, 0.3) is 0 Å². The number of fused-ring (bicyclic) bond motifs is 5. The zero-order chi connectivity index (χ0) is 32.4. The van der Waals surface area contributed by atoms with Gasteiger partial charge in [-0.2, -0.15) is 0 Å². The summed E-state index contributed by atoms with van der Waals surface area (Å²) in [5.74, 6) is 0. The van der Waals surface area contributed by atoms with Crippen LogP contribution in [0.4, 0.5) is 0 Å². The molecule has 0 saturated heterocycles. The second-order valence-electron chi connectivity index (χ2n) is 13.3. The third kappa shape index (κ3) is 4.82. The molecule has 0 atom stereocenters. The maximum absolute atomic E-state index is 12.9. The van der Waals surface area contributed by atoms with E-state index in [2.05, 4.69) is 158 Å². The first kappa shape index (κ1) is 28.7. The van der Waals surface area contributed by atoms with Gasteiger partial charge in [-0.25, -0.2) is 0 Å². The normalized spacial score (nSPS) is 12.0. The van der Waals surface area contributed by atoms with Crippen LogP contribution in [0.5, 0.6) is 0 Å². The van der Waals surface area contributed by atoms with Crippen molar-refractivity contribution in [3.8, 4) is 33.4 Å². The second kappa shape index (κ2) is 11.1. The summed E-state index contributed by atoms with van der Waals surface area (Å²) >= 11 is 0. The number of rotatable bonds is 4. The molecule has 2 heteroatoms. The van der Waals surface area contributed by atoms with Crippen LogP contribution in [-0.4, -0.2) is 13.3 Å². The van der Waals surface area contributed by atoms with E-state index >= 15 is 0 Å². The van der Waals surface area contributed by atoms with E-state index in [0.717, 1.165) is 27.2 Å². The lowest BCUT2D eigenvalue weighted by Crippen LogP contribution is -2.01. The van der Waals surface area contributed by atoms with Crippen LogP contribution in [-0.2, 0) is 4.57 Å². The fraction of sp³-hybridized carbons (Fsp3) is 0.0435. The summed E-state index contributed by atoms with van der Waals surface area (Å²) in [5, 5.41) is 13.1. The highest BCUT2D eigenvalue weighted by molar-refractivity contribution is 7.70. The van der Waals surface area contributed by atoms with Crippen LogP contribution in [0, 0.1) is 0 Å². The van der Waals surface area contributed by atoms with E-state index in [0.29, 0.717) is 0 Å². The summed E-state index contributed by atoms with van der Waals surface area (Å²) < 4.78 is 12.9.